The molecule has 2 amide bonds. The van der Waals surface area contributed by atoms with E-state index in [2.05, 4.69) is 10.3 Å². The van der Waals surface area contributed by atoms with E-state index in [1.165, 1.54) is 0 Å². The number of carbonyl (C=O) groups is 2. The molecule has 1 spiro atoms. The fourth-order valence-electron chi connectivity index (χ4n) is 4.13. The van der Waals surface area contributed by atoms with Crippen LogP contribution in [-0.2, 0) is 16.0 Å². The van der Waals surface area contributed by atoms with Crippen LogP contribution >= 0.6 is 0 Å². The third-order valence-electron chi connectivity index (χ3n) is 5.77. The van der Waals surface area contributed by atoms with Crippen molar-refractivity contribution in [1.29, 1.82) is 0 Å². The summed E-state index contributed by atoms with van der Waals surface area (Å²) in [4.78, 5) is 30.6. The Kier molecular flexibility index (Phi) is 5.03. The van der Waals surface area contributed by atoms with Gasteiger partial charge in [0, 0.05) is 50.8 Å². The maximum absolute atomic E-state index is 12.7. The summed E-state index contributed by atoms with van der Waals surface area (Å²) in [5.74, 6) is 0.933. The van der Waals surface area contributed by atoms with Gasteiger partial charge in [0.25, 0.3) is 0 Å². The Bertz CT molecular complexity index is 870. The van der Waals surface area contributed by atoms with Crippen LogP contribution in [0, 0.1) is 0 Å². The van der Waals surface area contributed by atoms with Crippen molar-refractivity contribution in [2.75, 3.05) is 13.6 Å². The molecule has 1 saturated heterocycles. The molecule has 2 aliphatic rings. The lowest BCUT2D eigenvalue weighted by Gasteiger charge is -2.42. The molecule has 0 unspecified atom stereocenters. The molecule has 6 nitrogen and oxygen atoms in total. The Morgan fingerprint density at radius 1 is 1.25 bits per heavy atom. The number of benzene rings is 1. The van der Waals surface area contributed by atoms with Crippen LogP contribution in [0.3, 0.4) is 0 Å². The Balaban J connectivity index is 1.55. The minimum absolute atomic E-state index is 0.0233. The Morgan fingerprint density at radius 3 is 2.86 bits per heavy atom. The molecule has 1 fully saturated rings. The van der Waals surface area contributed by atoms with E-state index in [9.17, 15) is 9.59 Å². The molecule has 0 radical (unpaired) electrons. The van der Waals surface area contributed by atoms with Gasteiger partial charge in [0.1, 0.15) is 11.4 Å². The fourth-order valence-corrected chi connectivity index (χ4v) is 4.13. The average Bonchev–Trinajstić information content (AvgIpc) is 2.83. The van der Waals surface area contributed by atoms with E-state index in [1.807, 2.05) is 43.4 Å². The average molecular weight is 379 g/mol. The van der Waals surface area contributed by atoms with Crippen LogP contribution in [0.4, 0.5) is 0 Å². The number of aromatic nitrogens is 1. The SMILES string of the molecule is CN1CC[C@@]2(CCC1=O)C[C@@H](NC(=O)Cc1ccncc1)c1ccccc1O2. The molecule has 0 bridgehead atoms. The maximum atomic E-state index is 12.7. The second-order valence-corrected chi connectivity index (χ2v) is 7.74. The molecule has 1 aromatic heterocycles. The van der Waals surface area contributed by atoms with Crippen LogP contribution in [-0.4, -0.2) is 40.9 Å². The number of ether oxygens (including phenoxy) is 1. The summed E-state index contributed by atoms with van der Waals surface area (Å²) < 4.78 is 6.43. The van der Waals surface area contributed by atoms with Crippen LogP contribution in [0.15, 0.2) is 48.8 Å². The predicted octanol–water partition coefficient (Wildman–Crippen LogP) is 2.65. The first-order chi connectivity index (χ1) is 13.5. The topological polar surface area (TPSA) is 71.5 Å². The van der Waals surface area contributed by atoms with E-state index < -0.39 is 5.60 Å². The first kappa shape index (κ1) is 18.5. The molecule has 2 aliphatic heterocycles. The van der Waals surface area contributed by atoms with Crippen molar-refractivity contribution in [2.45, 2.75) is 43.7 Å². The molecule has 6 heteroatoms. The number of rotatable bonds is 3. The summed E-state index contributed by atoms with van der Waals surface area (Å²) in [6.07, 6.45) is 6.28. The zero-order valence-corrected chi connectivity index (χ0v) is 16.1. The summed E-state index contributed by atoms with van der Waals surface area (Å²) in [6, 6.07) is 11.5. The van der Waals surface area contributed by atoms with E-state index in [0.717, 1.165) is 23.3 Å². The van der Waals surface area contributed by atoms with Crippen molar-refractivity contribution in [2.24, 2.45) is 0 Å². The fraction of sp³-hybridized carbons (Fsp3) is 0.409. The van der Waals surface area contributed by atoms with Gasteiger partial charge in [0.05, 0.1) is 12.5 Å². The monoisotopic (exact) mass is 379 g/mol. The quantitative estimate of drug-likeness (QED) is 0.890. The first-order valence-corrected chi connectivity index (χ1v) is 9.75. The molecule has 2 atom stereocenters. The molecule has 0 aliphatic carbocycles. The van der Waals surface area contributed by atoms with Crippen LogP contribution in [0.5, 0.6) is 5.75 Å². The molecule has 3 heterocycles. The van der Waals surface area contributed by atoms with Crippen LogP contribution < -0.4 is 10.1 Å². The van der Waals surface area contributed by atoms with E-state index in [-0.39, 0.29) is 17.9 Å². The van der Waals surface area contributed by atoms with Gasteiger partial charge in [-0.15, -0.1) is 0 Å². The number of hydrogen-bond donors (Lipinski definition) is 1. The van der Waals surface area contributed by atoms with Crippen molar-refractivity contribution in [3.63, 3.8) is 0 Å². The Labute approximate surface area is 164 Å². The number of amides is 2. The Morgan fingerprint density at radius 2 is 2.04 bits per heavy atom. The van der Waals surface area contributed by atoms with E-state index >= 15 is 0 Å². The number of fused-ring (bicyclic) bond motifs is 1. The molecule has 0 saturated carbocycles. The van der Waals surface area contributed by atoms with Gasteiger partial charge >= 0.3 is 0 Å². The summed E-state index contributed by atoms with van der Waals surface area (Å²) in [5.41, 5.74) is 1.51. The summed E-state index contributed by atoms with van der Waals surface area (Å²) in [7, 11) is 1.84. The summed E-state index contributed by atoms with van der Waals surface area (Å²) >= 11 is 0. The summed E-state index contributed by atoms with van der Waals surface area (Å²) in [5, 5.41) is 3.20. The molecule has 1 aromatic carbocycles. The number of para-hydroxylation sites is 1. The number of likely N-dealkylation sites (tertiary alicyclic amines) is 1. The molecule has 146 valence electrons. The van der Waals surface area contributed by atoms with Gasteiger partial charge in [0.15, 0.2) is 0 Å². The third-order valence-corrected chi connectivity index (χ3v) is 5.77. The van der Waals surface area contributed by atoms with E-state index in [0.29, 0.717) is 32.2 Å². The predicted molar refractivity (Wildman–Crippen MR) is 105 cm³/mol. The molecule has 28 heavy (non-hydrogen) atoms. The van der Waals surface area contributed by atoms with Crippen molar-refractivity contribution < 1.29 is 14.3 Å². The van der Waals surface area contributed by atoms with Crippen molar-refractivity contribution in [1.82, 2.24) is 15.2 Å². The molecule has 1 N–H and O–H groups in total. The van der Waals surface area contributed by atoms with E-state index in [4.69, 9.17) is 4.74 Å². The van der Waals surface area contributed by atoms with E-state index in [1.54, 1.807) is 17.3 Å². The first-order valence-electron chi connectivity index (χ1n) is 9.75. The van der Waals surface area contributed by atoms with Crippen molar-refractivity contribution >= 4 is 11.8 Å². The maximum Gasteiger partial charge on any atom is 0.224 e. The third kappa shape index (κ3) is 3.86. The number of hydrogen-bond acceptors (Lipinski definition) is 4. The van der Waals surface area contributed by atoms with Gasteiger partial charge in [-0.2, -0.15) is 0 Å². The second-order valence-electron chi connectivity index (χ2n) is 7.74. The normalized spacial score (nSPS) is 24.2. The van der Waals surface area contributed by atoms with Gasteiger partial charge in [-0.3, -0.25) is 14.6 Å². The molecular weight excluding hydrogens is 354 g/mol. The van der Waals surface area contributed by atoms with Crippen molar-refractivity contribution in [3.8, 4) is 5.75 Å². The van der Waals surface area contributed by atoms with Gasteiger partial charge < -0.3 is 15.0 Å². The number of carbonyl (C=O) groups excluding carboxylic acids is 2. The van der Waals surface area contributed by atoms with Gasteiger partial charge in [-0.1, -0.05) is 18.2 Å². The zero-order chi connectivity index (χ0) is 19.6. The van der Waals surface area contributed by atoms with Gasteiger partial charge in [0.2, 0.25) is 11.8 Å². The van der Waals surface area contributed by atoms with Crippen LogP contribution in [0.2, 0.25) is 0 Å². The molecule has 2 aromatic rings. The minimum Gasteiger partial charge on any atom is -0.487 e. The number of nitrogens with zero attached hydrogens (tertiary/aromatic N) is 2. The molecule has 4 rings (SSSR count). The lowest BCUT2D eigenvalue weighted by Crippen LogP contribution is -2.46. The van der Waals surface area contributed by atoms with Crippen LogP contribution in [0.25, 0.3) is 0 Å². The van der Waals surface area contributed by atoms with Gasteiger partial charge in [-0.25, -0.2) is 0 Å². The minimum atomic E-state index is -0.427. The molecular formula is C22H25N3O3. The largest absolute Gasteiger partial charge is 0.487 e. The standard InChI is InChI=1S/C22H25N3O3/c1-25-13-10-22(9-6-21(25)27)15-18(17-4-2-3-5-19(17)28-22)24-20(26)14-16-7-11-23-12-8-16/h2-5,7-8,11-12,18H,6,9-10,13-15H2,1H3,(H,24,26)/t18-,22+/m1/s1. The highest BCUT2D eigenvalue weighted by atomic mass is 16.5. The van der Waals surface area contributed by atoms with Gasteiger partial charge in [-0.05, 0) is 30.2 Å². The highest BCUT2D eigenvalue weighted by Crippen LogP contribution is 2.44. The highest BCUT2D eigenvalue weighted by Gasteiger charge is 2.43. The number of nitrogens with one attached hydrogen (secondary N) is 1. The highest BCUT2D eigenvalue weighted by molar-refractivity contribution is 5.79. The van der Waals surface area contributed by atoms with Crippen LogP contribution in [0.1, 0.15) is 42.9 Å². The Hall–Kier alpha value is -2.89. The summed E-state index contributed by atoms with van der Waals surface area (Å²) in [6.45, 7) is 0.665. The lowest BCUT2D eigenvalue weighted by atomic mass is 9.82. The smallest absolute Gasteiger partial charge is 0.224 e. The van der Waals surface area contributed by atoms with Crippen molar-refractivity contribution in [3.05, 3.63) is 59.9 Å². The number of pyridine rings is 1. The second kappa shape index (κ2) is 7.62. The lowest BCUT2D eigenvalue weighted by molar-refractivity contribution is -0.129. The zero-order valence-electron chi connectivity index (χ0n) is 16.1.